The van der Waals surface area contributed by atoms with Crippen molar-refractivity contribution in [1.29, 1.82) is 0 Å². The number of hydrogen-bond acceptors (Lipinski definition) is 6. The number of aromatic nitrogens is 4. The molecule has 3 aromatic heterocycles. The van der Waals surface area contributed by atoms with Crippen LogP contribution in [0.5, 0.6) is 0 Å². The van der Waals surface area contributed by atoms with Gasteiger partial charge in [0.15, 0.2) is 11.0 Å². The second kappa shape index (κ2) is 5.99. The zero-order chi connectivity index (χ0) is 15.8. The Hall–Kier alpha value is -1.83. The zero-order valence-corrected chi connectivity index (χ0v) is 14.5. The molecule has 0 radical (unpaired) electrons. The van der Waals surface area contributed by atoms with Crippen molar-refractivity contribution in [2.24, 2.45) is 7.05 Å². The van der Waals surface area contributed by atoms with Crippen molar-refractivity contribution in [3.05, 3.63) is 45.9 Å². The minimum Gasteiger partial charge on any atom is -0.334 e. The van der Waals surface area contributed by atoms with Crippen LogP contribution in [0.15, 0.2) is 44.7 Å². The molecule has 116 valence electrons. The Bertz CT molecular complexity index is 961. The first-order valence-corrected chi connectivity index (χ1v) is 9.11. The van der Waals surface area contributed by atoms with Crippen LogP contribution in [0, 0.1) is 0 Å². The van der Waals surface area contributed by atoms with Crippen LogP contribution in [0.3, 0.4) is 0 Å². The molecule has 0 amide bonds. The lowest BCUT2D eigenvalue weighted by molar-refractivity contribution is 0.425. The summed E-state index contributed by atoms with van der Waals surface area (Å²) in [6.45, 7) is 0. The highest BCUT2D eigenvalue weighted by molar-refractivity contribution is 7.98. The van der Waals surface area contributed by atoms with E-state index in [1.165, 1.54) is 0 Å². The van der Waals surface area contributed by atoms with Crippen LogP contribution < -0.4 is 0 Å². The van der Waals surface area contributed by atoms with Gasteiger partial charge < -0.3 is 9.09 Å². The summed E-state index contributed by atoms with van der Waals surface area (Å²) in [5.74, 6) is 1.80. The SMILES string of the molecule is Cn1c(SCc2noc(-c3ccsc3)n2)nc2cc(Cl)ccc21. The van der Waals surface area contributed by atoms with Gasteiger partial charge in [0.25, 0.3) is 5.89 Å². The summed E-state index contributed by atoms with van der Waals surface area (Å²) in [5.41, 5.74) is 2.88. The van der Waals surface area contributed by atoms with Crippen LogP contribution in [-0.2, 0) is 12.8 Å². The number of imidazole rings is 1. The van der Waals surface area contributed by atoms with E-state index in [4.69, 9.17) is 16.1 Å². The number of rotatable bonds is 4. The van der Waals surface area contributed by atoms with Crippen molar-refractivity contribution < 1.29 is 4.52 Å². The maximum absolute atomic E-state index is 6.02. The molecule has 0 saturated carbocycles. The second-order valence-corrected chi connectivity index (χ2v) is 7.06. The Kier molecular flexibility index (Phi) is 3.84. The molecule has 3 heterocycles. The fraction of sp³-hybridized carbons (Fsp3) is 0.133. The van der Waals surface area contributed by atoms with Crippen LogP contribution in [0.25, 0.3) is 22.5 Å². The van der Waals surface area contributed by atoms with Gasteiger partial charge in [0.05, 0.1) is 22.3 Å². The summed E-state index contributed by atoms with van der Waals surface area (Å²) in [6.07, 6.45) is 0. The topological polar surface area (TPSA) is 56.7 Å². The van der Waals surface area contributed by atoms with Gasteiger partial charge in [-0.1, -0.05) is 28.5 Å². The van der Waals surface area contributed by atoms with Crippen molar-refractivity contribution in [2.75, 3.05) is 0 Å². The van der Waals surface area contributed by atoms with Gasteiger partial charge in [0.2, 0.25) is 0 Å². The van der Waals surface area contributed by atoms with Crippen LogP contribution in [0.1, 0.15) is 5.82 Å². The molecule has 0 unspecified atom stereocenters. The van der Waals surface area contributed by atoms with E-state index in [2.05, 4.69) is 15.1 Å². The molecule has 0 N–H and O–H groups in total. The molecule has 0 aliphatic rings. The van der Waals surface area contributed by atoms with Gasteiger partial charge in [-0.05, 0) is 29.6 Å². The molecule has 0 aliphatic carbocycles. The van der Waals surface area contributed by atoms with E-state index < -0.39 is 0 Å². The Balaban J connectivity index is 1.54. The third kappa shape index (κ3) is 2.87. The molecule has 0 fully saturated rings. The van der Waals surface area contributed by atoms with Gasteiger partial charge >= 0.3 is 0 Å². The first-order valence-electron chi connectivity index (χ1n) is 6.80. The number of thiophene rings is 1. The van der Waals surface area contributed by atoms with E-state index in [0.29, 0.717) is 22.5 Å². The Morgan fingerprint density at radius 2 is 2.22 bits per heavy atom. The smallest absolute Gasteiger partial charge is 0.258 e. The monoisotopic (exact) mass is 362 g/mol. The van der Waals surface area contributed by atoms with Gasteiger partial charge in [-0.25, -0.2) is 4.98 Å². The Morgan fingerprint density at radius 1 is 1.30 bits per heavy atom. The molecule has 1 aromatic carbocycles. The number of thioether (sulfide) groups is 1. The second-order valence-electron chi connectivity index (χ2n) is 4.90. The first kappa shape index (κ1) is 14.7. The minimum atomic E-state index is 0.554. The quantitative estimate of drug-likeness (QED) is 0.495. The number of aryl methyl sites for hydroxylation is 1. The summed E-state index contributed by atoms with van der Waals surface area (Å²) in [4.78, 5) is 9.02. The molecule has 8 heteroatoms. The predicted octanol–water partition coefficient (Wildman–Crippen LogP) is 4.63. The largest absolute Gasteiger partial charge is 0.334 e. The molecule has 0 saturated heterocycles. The normalized spacial score (nSPS) is 11.4. The fourth-order valence-electron chi connectivity index (χ4n) is 2.23. The zero-order valence-electron chi connectivity index (χ0n) is 12.1. The molecule has 23 heavy (non-hydrogen) atoms. The number of hydrogen-bond donors (Lipinski definition) is 0. The minimum absolute atomic E-state index is 0.554. The molecule has 4 aromatic rings. The van der Waals surface area contributed by atoms with E-state index in [0.717, 1.165) is 21.8 Å². The third-order valence-corrected chi connectivity index (χ3v) is 5.31. The van der Waals surface area contributed by atoms with E-state index >= 15 is 0 Å². The van der Waals surface area contributed by atoms with E-state index in [9.17, 15) is 0 Å². The molecular formula is C15H11ClN4OS2. The summed E-state index contributed by atoms with van der Waals surface area (Å²) in [5, 5.41) is 9.57. The number of benzene rings is 1. The average Bonchev–Trinajstić information content (AvgIpc) is 3.25. The van der Waals surface area contributed by atoms with Crippen molar-refractivity contribution in [3.8, 4) is 11.5 Å². The van der Waals surface area contributed by atoms with E-state index in [1.807, 2.05) is 46.6 Å². The molecule has 4 rings (SSSR count). The van der Waals surface area contributed by atoms with Gasteiger partial charge in [-0.3, -0.25) is 0 Å². The summed E-state index contributed by atoms with van der Waals surface area (Å²) in [7, 11) is 1.98. The predicted molar refractivity (Wildman–Crippen MR) is 92.9 cm³/mol. The lowest BCUT2D eigenvalue weighted by Gasteiger charge is -1.99. The highest BCUT2D eigenvalue weighted by atomic mass is 35.5. The van der Waals surface area contributed by atoms with E-state index in [-0.39, 0.29) is 0 Å². The average molecular weight is 363 g/mol. The third-order valence-electron chi connectivity index (χ3n) is 3.37. The maximum Gasteiger partial charge on any atom is 0.258 e. The van der Waals surface area contributed by atoms with Crippen molar-refractivity contribution >= 4 is 45.7 Å². The van der Waals surface area contributed by atoms with Crippen molar-refractivity contribution in [1.82, 2.24) is 19.7 Å². The lowest BCUT2D eigenvalue weighted by atomic mass is 10.3. The Labute approximate surface area is 145 Å². The Morgan fingerprint density at radius 3 is 3.04 bits per heavy atom. The van der Waals surface area contributed by atoms with Gasteiger partial charge in [-0.15, -0.1) is 0 Å². The maximum atomic E-state index is 6.02. The molecule has 0 bridgehead atoms. The number of fused-ring (bicyclic) bond motifs is 1. The van der Waals surface area contributed by atoms with Gasteiger partial charge in [0, 0.05) is 17.5 Å². The highest BCUT2D eigenvalue weighted by Gasteiger charge is 2.13. The highest BCUT2D eigenvalue weighted by Crippen LogP contribution is 2.27. The van der Waals surface area contributed by atoms with Crippen molar-refractivity contribution in [2.45, 2.75) is 10.9 Å². The molecule has 0 atom stereocenters. The summed E-state index contributed by atoms with van der Waals surface area (Å²) in [6, 6.07) is 7.67. The van der Waals surface area contributed by atoms with Crippen LogP contribution in [-0.4, -0.2) is 19.7 Å². The lowest BCUT2D eigenvalue weighted by Crippen LogP contribution is -1.92. The fourth-order valence-corrected chi connectivity index (χ4v) is 3.85. The van der Waals surface area contributed by atoms with Gasteiger partial charge in [0.1, 0.15) is 0 Å². The number of halogens is 1. The standard InChI is InChI=1S/C15H11ClN4OS2/c1-20-12-3-2-10(16)6-11(12)17-15(20)23-8-13-18-14(21-19-13)9-4-5-22-7-9/h2-7H,8H2,1H3. The summed E-state index contributed by atoms with van der Waals surface area (Å²) < 4.78 is 7.33. The first-order chi connectivity index (χ1) is 11.2. The van der Waals surface area contributed by atoms with Crippen LogP contribution in [0.4, 0.5) is 0 Å². The molecule has 0 aliphatic heterocycles. The van der Waals surface area contributed by atoms with Crippen molar-refractivity contribution in [3.63, 3.8) is 0 Å². The van der Waals surface area contributed by atoms with E-state index in [1.54, 1.807) is 23.1 Å². The summed E-state index contributed by atoms with van der Waals surface area (Å²) >= 11 is 9.19. The van der Waals surface area contributed by atoms with Crippen LogP contribution >= 0.6 is 34.7 Å². The molecule has 0 spiro atoms. The van der Waals surface area contributed by atoms with Gasteiger partial charge in [-0.2, -0.15) is 16.3 Å². The molecule has 5 nitrogen and oxygen atoms in total. The molecular weight excluding hydrogens is 352 g/mol. The number of nitrogens with zero attached hydrogens (tertiary/aromatic N) is 4. The van der Waals surface area contributed by atoms with Crippen LogP contribution in [0.2, 0.25) is 5.02 Å².